The molecule has 1 aromatic heterocycles. The summed E-state index contributed by atoms with van der Waals surface area (Å²) in [4.78, 5) is 20.0. The maximum atomic E-state index is 13.1. The molecule has 2 aliphatic rings. The number of aryl methyl sites for hydroxylation is 1. The van der Waals surface area contributed by atoms with Crippen LogP contribution in [0.5, 0.6) is 0 Å². The van der Waals surface area contributed by atoms with E-state index in [1.165, 1.54) is 42.0 Å². The van der Waals surface area contributed by atoms with Crippen molar-refractivity contribution in [3.63, 3.8) is 0 Å². The van der Waals surface area contributed by atoms with Crippen LogP contribution in [0, 0.1) is 12.8 Å². The number of rotatable bonds is 7. The maximum absolute atomic E-state index is 13.1. The van der Waals surface area contributed by atoms with Crippen LogP contribution in [0.4, 0.5) is 0 Å². The quantitative estimate of drug-likeness (QED) is 0.638. The molecule has 2 aliphatic heterocycles. The summed E-state index contributed by atoms with van der Waals surface area (Å²) in [6, 6.07) is 9.20. The number of hydrogen-bond donors (Lipinski definition) is 0. The summed E-state index contributed by atoms with van der Waals surface area (Å²) in [6.07, 6.45) is 2.46. The summed E-state index contributed by atoms with van der Waals surface area (Å²) in [6.45, 7) is 12.1. The summed E-state index contributed by atoms with van der Waals surface area (Å²) >= 11 is 1.41. The SMILES string of the molecule is Cc1ccccc1[C@@H]1CN(CC(=O)N(C)C[C@@H]2CCCN(C(C)C)C2)C[C@H]1c1csnn1. The highest BCUT2D eigenvalue weighted by molar-refractivity contribution is 7.03. The Labute approximate surface area is 196 Å². The Hall–Kier alpha value is -1.83. The fourth-order valence-corrected chi connectivity index (χ4v) is 6.00. The smallest absolute Gasteiger partial charge is 0.236 e. The molecule has 2 saturated heterocycles. The molecule has 0 saturated carbocycles. The molecule has 7 heteroatoms. The second-order valence-corrected chi connectivity index (χ2v) is 10.6. The Bertz CT molecular complexity index is 886. The maximum Gasteiger partial charge on any atom is 0.236 e. The number of benzene rings is 1. The fraction of sp³-hybridized carbons (Fsp3) is 0.640. The molecule has 0 spiro atoms. The number of aromatic nitrogens is 2. The third-order valence-corrected chi connectivity index (χ3v) is 7.86. The first-order valence-electron chi connectivity index (χ1n) is 11.9. The molecule has 4 rings (SSSR count). The van der Waals surface area contributed by atoms with Crippen molar-refractivity contribution in [2.45, 2.75) is 51.5 Å². The van der Waals surface area contributed by atoms with Gasteiger partial charge in [-0.2, -0.15) is 0 Å². The van der Waals surface area contributed by atoms with Gasteiger partial charge in [0.25, 0.3) is 0 Å². The van der Waals surface area contributed by atoms with Gasteiger partial charge in [0.2, 0.25) is 5.91 Å². The highest BCUT2D eigenvalue weighted by Gasteiger charge is 2.38. The molecular weight excluding hydrogens is 418 g/mol. The average molecular weight is 456 g/mol. The van der Waals surface area contributed by atoms with Crippen molar-refractivity contribution in [2.24, 2.45) is 5.92 Å². The van der Waals surface area contributed by atoms with Gasteiger partial charge in [-0.05, 0) is 68.7 Å². The van der Waals surface area contributed by atoms with Crippen LogP contribution >= 0.6 is 11.5 Å². The molecular formula is C25H37N5OS. The largest absolute Gasteiger partial charge is 0.344 e. The lowest BCUT2D eigenvalue weighted by Crippen LogP contribution is -2.45. The summed E-state index contributed by atoms with van der Waals surface area (Å²) in [7, 11) is 1.98. The number of likely N-dealkylation sites (tertiary alicyclic amines) is 2. The first-order chi connectivity index (χ1) is 15.4. The standard InChI is InChI=1S/C25H37N5OS/c1-18(2)30-11-7-9-20(13-30)12-28(4)25(31)16-29-14-22(21-10-6-5-8-19(21)3)23(15-29)24-17-32-27-26-24/h5-6,8,10,17-18,20,22-23H,7,9,11-16H2,1-4H3/t20-,22-,23+/m0/s1. The molecule has 1 amide bonds. The van der Waals surface area contributed by atoms with Crippen molar-refractivity contribution < 1.29 is 4.79 Å². The van der Waals surface area contributed by atoms with Crippen LogP contribution in [0.25, 0.3) is 0 Å². The van der Waals surface area contributed by atoms with Gasteiger partial charge in [0.1, 0.15) is 0 Å². The highest BCUT2D eigenvalue weighted by Crippen LogP contribution is 2.40. The molecule has 2 aromatic rings. The van der Waals surface area contributed by atoms with Crippen molar-refractivity contribution in [2.75, 3.05) is 46.3 Å². The van der Waals surface area contributed by atoms with Crippen molar-refractivity contribution in [1.82, 2.24) is 24.3 Å². The molecule has 174 valence electrons. The number of piperidine rings is 1. The Morgan fingerprint density at radius 3 is 2.72 bits per heavy atom. The minimum Gasteiger partial charge on any atom is -0.344 e. The minimum atomic E-state index is 0.229. The highest BCUT2D eigenvalue weighted by atomic mass is 32.1. The molecule has 2 fully saturated rings. The van der Waals surface area contributed by atoms with Crippen molar-refractivity contribution >= 4 is 17.4 Å². The monoisotopic (exact) mass is 455 g/mol. The van der Waals surface area contributed by atoms with Crippen LogP contribution in [0.1, 0.15) is 55.3 Å². The zero-order chi connectivity index (χ0) is 22.7. The number of nitrogens with zero attached hydrogens (tertiary/aromatic N) is 5. The molecule has 3 atom stereocenters. The van der Waals surface area contributed by atoms with E-state index in [-0.39, 0.29) is 11.8 Å². The molecule has 0 radical (unpaired) electrons. The number of carbonyl (C=O) groups is 1. The van der Waals surface area contributed by atoms with E-state index in [0.717, 1.165) is 31.9 Å². The molecule has 3 heterocycles. The number of carbonyl (C=O) groups excluding carboxylic acids is 1. The van der Waals surface area contributed by atoms with E-state index < -0.39 is 0 Å². The van der Waals surface area contributed by atoms with E-state index in [0.29, 0.717) is 24.4 Å². The zero-order valence-electron chi connectivity index (χ0n) is 19.9. The third kappa shape index (κ3) is 5.38. The average Bonchev–Trinajstić information content (AvgIpc) is 3.44. The minimum absolute atomic E-state index is 0.229. The Kier molecular flexibility index (Phi) is 7.59. The van der Waals surface area contributed by atoms with Crippen LogP contribution < -0.4 is 0 Å². The van der Waals surface area contributed by atoms with E-state index in [2.05, 4.69) is 69.8 Å². The molecule has 0 bridgehead atoms. The first kappa shape index (κ1) is 23.3. The van der Waals surface area contributed by atoms with E-state index in [4.69, 9.17) is 0 Å². The van der Waals surface area contributed by atoms with Crippen molar-refractivity contribution in [1.29, 1.82) is 0 Å². The Morgan fingerprint density at radius 2 is 2.00 bits per heavy atom. The third-order valence-electron chi connectivity index (χ3n) is 7.34. The zero-order valence-corrected chi connectivity index (χ0v) is 20.7. The summed E-state index contributed by atoms with van der Waals surface area (Å²) in [5.74, 6) is 1.43. The normalized spacial score (nSPS) is 24.8. The molecule has 0 aliphatic carbocycles. The second-order valence-electron chi connectivity index (χ2n) is 9.96. The molecule has 1 aromatic carbocycles. The van der Waals surface area contributed by atoms with Gasteiger partial charge in [0, 0.05) is 56.5 Å². The van der Waals surface area contributed by atoms with E-state index >= 15 is 0 Å². The van der Waals surface area contributed by atoms with Crippen LogP contribution in [0.2, 0.25) is 0 Å². The van der Waals surface area contributed by atoms with E-state index in [1.54, 1.807) is 0 Å². The Balaban J connectivity index is 1.39. The van der Waals surface area contributed by atoms with Gasteiger partial charge in [-0.25, -0.2) is 0 Å². The first-order valence-corrected chi connectivity index (χ1v) is 12.8. The Morgan fingerprint density at radius 1 is 1.22 bits per heavy atom. The van der Waals surface area contributed by atoms with Gasteiger partial charge >= 0.3 is 0 Å². The number of hydrogen-bond acceptors (Lipinski definition) is 6. The van der Waals surface area contributed by atoms with E-state index in [9.17, 15) is 4.79 Å². The van der Waals surface area contributed by atoms with Crippen LogP contribution in [0.3, 0.4) is 0 Å². The van der Waals surface area contributed by atoms with Gasteiger partial charge in [-0.3, -0.25) is 9.69 Å². The van der Waals surface area contributed by atoms with Crippen LogP contribution in [-0.2, 0) is 4.79 Å². The predicted octanol–water partition coefficient (Wildman–Crippen LogP) is 3.61. The second kappa shape index (κ2) is 10.4. The molecule has 6 nitrogen and oxygen atoms in total. The molecule has 0 N–H and O–H groups in total. The molecule has 32 heavy (non-hydrogen) atoms. The number of amides is 1. The topological polar surface area (TPSA) is 52.6 Å². The summed E-state index contributed by atoms with van der Waals surface area (Å²) in [5.41, 5.74) is 3.73. The van der Waals surface area contributed by atoms with Gasteiger partial charge in [0.15, 0.2) is 0 Å². The van der Waals surface area contributed by atoms with Gasteiger partial charge in [-0.15, -0.1) is 5.10 Å². The number of likely N-dealkylation sites (N-methyl/N-ethyl adjacent to an activating group) is 1. The lowest BCUT2D eigenvalue weighted by atomic mass is 9.85. The van der Waals surface area contributed by atoms with Gasteiger partial charge in [-0.1, -0.05) is 28.8 Å². The predicted molar refractivity (Wildman–Crippen MR) is 130 cm³/mol. The van der Waals surface area contributed by atoms with Crippen molar-refractivity contribution in [3.05, 3.63) is 46.5 Å². The summed E-state index contributed by atoms with van der Waals surface area (Å²) in [5, 5.41) is 6.46. The van der Waals surface area contributed by atoms with Gasteiger partial charge in [0.05, 0.1) is 12.2 Å². The molecule has 0 unspecified atom stereocenters. The van der Waals surface area contributed by atoms with Crippen molar-refractivity contribution in [3.8, 4) is 0 Å². The summed E-state index contributed by atoms with van der Waals surface area (Å²) < 4.78 is 4.11. The van der Waals surface area contributed by atoms with E-state index in [1.807, 2.05) is 11.9 Å². The van der Waals surface area contributed by atoms with Crippen LogP contribution in [0.15, 0.2) is 29.6 Å². The van der Waals surface area contributed by atoms with Gasteiger partial charge < -0.3 is 9.80 Å². The lowest BCUT2D eigenvalue weighted by Gasteiger charge is -2.37. The lowest BCUT2D eigenvalue weighted by molar-refractivity contribution is -0.131. The fourth-order valence-electron chi connectivity index (χ4n) is 5.48. The van der Waals surface area contributed by atoms with Crippen LogP contribution in [-0.4, -0.2) is 82.6 Å².